The fourth-order valence-electron chi connectivity index (χ4n) is 3.01. The number of thiazole rings is 1. The van der Waals surface area contributed by atoms with Gasteiger partial charge in [0.25, 0.3) is 0 Å². The van der Waals surface area contributed by atoms with Crippen LogP contribution in [0.15, 0.2) is 0 Å². The van der Waals surface area contributed by atoms with E-state index in [1.165, 1.54) is 24.9 Å². The Kier molecular flexibility index (Phi) is 4.81. The number of carbonyl (C=O) groups is 1. The number of rotatable bonds is 4. The lowest BCUT2D eigenvalue weighted by molar-refractivity contribution is 0.0605. The summed E-state index contributed by atoms with van der Waals surface area (Å²) in [5, 5.41) is 0.910. The van der Waals surface area contributed by atoms with Gasteiger partial charge in [-0.05, 0) is 25.2 Å². The molecule has 0 radical (unpaired) electrons. The number of hydrogen-bond donors (Lipinski definition) is 1. The second-order valence-corrected chi connectivity index (χ2v) is 6.89. The molecule has 1 aliphatic carbocycles. The zero-order chi connectivity index (χ0) is 14.8. The fraction of sp³-hybridized carbons (Fsp3) is 0.733. The van der Waals surface area contributed by atoms with E-state index in [0.29, 0.717) is 10.8 Å². The predicted molar refractivity (Wildman–Crippen MR) is 80.9 cm³/mol. The van der Waals surface area contributed by atoms with Crippen molar-refractivity contribution in [3.63, 3.8) is 0 Å². The SMILES string of the molecule is CCCc1nc(C2(N)CCCC(C)C2)sc1C(=O)OC. The molecule has 4 nitrogen and oxygen atoms in total. The monoisotopic (exact) mass is 296 g/mol. The van der Waals surface area contributed by atoms with Crippen LogP contribution in [0.5, 0.6) is 0 Å². The number of carbonyl (C=O) groups excluding carboxylic acids is 1. The molecule has 0 amide bonds. The molecule has 5 heteroatoms. The Balaban J connectivity index is 2.34. The molecule has 0 bridgehead atoms. The average molecular weight is 296 g/mol. The van der Waals surface area contributed by atoms with Crippen LogP contribution in [-0.4, -0.2) is 18.1 Å². The summed E-state index contributed by atoms with van der Waals surface area (Å²) in [6.45, 7) is 4.32. The summed E-state index contributed by atoms with van der Waals surface area (Å²) in [5.41, 5.74) is 7.07. The van der Waals surface area contributed by atoms with Crippen LogP contribution in [0.25, 0.3) is 0 Å². The highest BCUT2D eigenvalue weighted by molar-refractivity contribution is 7.13. The van der Waals surface area contributed by atoms with E-state index >= 15 is 0 Å². The Morgan fingerprint density at radius 3 is 2.95 bits per heavy atom. The van der Waals surface area contributed by atoms with Gasteiger partial charge in [-0.1, -0.05) is 33.1 Å². The lowest BCUT2D eigenvalue weighted by atomic mass is 9.77. The van der Waals surface area contributed by atoms with Crippen LogP contribution in [0.4, 0.5) is 0 Å². The second kappa shape index (κ2) is 6.22. The Labute approximate surface area is 124 Å². The standard InChI is InChI=1S/C15H24N2O2S/c1-4-6-11-12(13(18)19-3)20-14(17-11)15(16)8-5-7-10(2)9-15/h10H,4-9,16H2,1-3H3. The van der Waals surface area contributed by atoms with Gasteiger partial charge in [0.15, 0.2) is 0 Å². The van der Waals surface area contributed by atoms with Crippen molar-refractivity contribution in [3.8, 4) is 0 Å². The van der Waals surface area contributed by atoms with Crippen LogP contribution in [-0.2, 0) is 16.7 Å². The Bertz CT molecular complexity index is 486. The first-order chi connectivity index (χ1) is 9.50. The molecule has 1 fully saturated rings. The number of hydrogen-bond acceptors (Lipinski definition) is 5. The highest BCUT2D eigenvalue weighted by Crippen LogP contribution is 2.40. The first-order valence-electron chi connectivity index (χ1n) is 7.37. The minimum Gasteiger partial charge on any atom is -0.465 e. The molecule has 2 rings (SSSR count). The summed E-state index contributed by atoms with van der Waals surface area (Å²) in [4.78, 5) is 17.2. The number of aryl methyl sites for hydroxylation is 1. The number of esters is 1. The number of methoxy groups -OCH3 is 1. The van der Waals surface area contributed by atoms with E-state index in [2.05, 4.69) is 13.8 Å². The van der Waals surface area contributed by atoms with Crippen LogP contribution in [0, 0.1) is 5.92 Å². The van der Waals surface area contributed by atoms with Crippen molar-refractivity contribution in [2.45, 2.75) is 57.9 Å². The van der Waals surface area contributed by atoms with E-state index in [4.69, 9.17) is 15.5 Å². The van der Waals surface area contributed by atoms with Crippen molar-refractivity contribution < 1.29 is 9.53 Å². The smallest absolute Gasteiger partial charge is 0.349 e. The summed E-state index contributed by atoms with van der Waals surface area (Å²) in [7, 11) is 1.42. The third-order valence-corrected chi connectivity index (χ3v) is 5.31. The Hall–Kier alpha value is -0.940. The summed E-state index contributed by atoms with van der Waals surface area (Å²) in [6.07, 6.45) is 6.03. The molecule has 1 aliphatic rings. The van der Waals surface area contributed by atoms with Crippen LogP contribution < -0.4 is 5.73 Å². The summed E-state index contributed by atoms with van der Waals surface area (Å²) in [6, 6.07) is 0. The van der Waals surface area contributed by atoms with Gasteiger partial charge in [0, 0.05) is 0 Å². The molecule has 0 aromatic carbocycles. The molecular formula is C15H24N2O2S. The molecule has 1 aromatic rings. The van der Waals surface area contributed by atoms with Gasteiger partial charge in [0.2, 0.25) is 0 Å². The molecule has 2 unspecified atom stereocenters. The second-order valence-electron chi connectivity index (χ2n) is 5.89. The molecule has 0 spiro atoms. The molecule has 1 aromatic heterocycles. The van der Waals surface area contributed by atoms with E-state index < -0.39 is 0 Å². The van der Waals surface area contributed by atoms with Crippen molar-refractivity contribution in [2.24, 2.45) is 11.7 Å². The maximum atomic E-state index is 11.9. The van der Waals surface area contributed by atoms with Crippen molar-refractivity contribution in [1.82, 2.24) is 4.98 Å². The minimum atomic E-state index is -0.364. The van der Waals surface area contributed by atoms with Gasteiger partial charge >= 0.3 is 5.97 Å². The molecule has 0 aliphatic heterocycles. The van der Waals surface area contributed by atoms with Gasteiger partial charge in [0.05, 0.1) is 18.3 Å². The van der Waals surface area contributed by atoms with Crippen LogP contribution >= 0.6 is 11.3 Å². The molecule has 112 valence electrons. The first kappa shape index (κ1) is 15.4. The topological polar surface area (TPSA) is 65.2 Å². The zero-order valence-corrected chi connectivity index (χ0v) is 13.4. The van der Waals surface area contributed by atoms with E-state index in [0.717, 1.165) is 42.8 Å². The largest absolute Gasteiger partial charge is 0.465 e. The third kappa shape index (κ3) is 3.04. The van der Waals surface area contributed by atoms with E-state index in [-0.39, 0.29) is 11.5 Å². The fourth-order valence-corrected chi connectivity index (χ4v) is 4.18. The van der Waals surface area contributed by atoms with Gasteiger partial charge < -0.3 is 10.5 Å². The maximum Gasteiger partial charge on any atom is 0.349 e. The van der Waals surface area contributed by atoms with Crippen molar-refractivity contribution in [2.75, 3.05) is 7.11 Å². The van der Waals surface area contributed by atoms with E-state index in [9.17, 15) is 4.79 Å². The number of nitrogens with two attached hydrogens (primary N) is 1. The number of nitrogens with zero attached hydrogens (tertiary/aromatic N) is 1. The molecule has 2 N–H and O–H groups in total. The maximum absolute atomic E-state index is 11.9. The Morgan fingerprint density at radius 1 is 1.60 bits per heavy atom. The summed E-state index contributed by atoms with van der Waals surface area (Å²) >= 11 is 1.43. The van der Waals surface area contributed by atoms with Crippen LogP contribution in [0.3, 0.4) is 0 Å². The quantitative estimate of drug-likeness (QED) is 0.866. The number of aromatic nitrogens is 1. The van der Waals surface area contributed by atoms with Crippen LogP contribution in [0.1, 0.15) is 66.3 Å². The normalized spacial score (nSPS) is 26.5. The molecule has 0 saturated heterocycles. The lowest BCUT2D eigenvalue weighted by Gasteiger charge is -2.35. The van der Waals surface area contributed by atoms with Gasteiger partial charge in [-0.2, -0.15) is 0 Å². The minimum absolute atomic E-state index is 0.287. The Morgan fingerprint density at radius 2 is 2.35 bits per heavy atom. The zero-order valence-electron chi connectivity index (χ0n) is 12.6. The van der Waals surface area contributed by atoms with Crippen LogP contribution in [0.2, 0.25) is 0 Å². The lowest BCUT2D eigenvalue weighted by Crippen LogP contribution is -2.40. The van der Waals surface area contributed by atoms with Gasteiger partial charge in [-0.25, -0.2) is 9.78 Å². The van der Waals surface area contributed by atoms with Crippen molar-refractivity contribution in [3.05, 3.63) is 15.6 Å². The summed E-state index contributed by atoms with van der Waals surface area (Å²) < 4.78 is 4.87. The predicted octanol–water partition coefficient (Wildman–Crippen LogP) is 3.25. The average Bonchev–Trinajstić information content (AvgIpc) is 2.83. The third-order valence-electron chi connectivity index (χ3n) is 4.01. The van der Waals surface area contributed by atoms with Gasteiger partial charge in [-0.15, -0.1) is 11.3 Å². The summed E-state index contributed by atoms with van der Waals surface area (Å²) in [5.74, 6) is 0.332. The number of ether oxygens (including phenoxy) is 1. The molecule has 2 atom stereocenters. The molecule has 1 saturated carbocycles. The molecular weight excluding hydrogens is 272 g/mol. The van der Waals surface area contributed by atoms with Crippen molar-refractivity contribution >= 4 is 17.3 Å². The van der Waals surface area contributed by atoms with Crippen molar-refractivity contribution in [1.29, 1.82) is 0 Å². The molecule has 20 heavy (non-hydrogen) atoms. The highest BCUT2D eigenvalue weighted by atomic mass is 32.1. The van der Waals surface area contributed by atoms with E-state index in [1.807, 2.05) is 0 Å². The van der Waals surface area contributed by atoms with Gasteiger partial charge in [0.1, 0.15) is 9.88 Å². The first-order valence-corrected chi connectivity index (χ1v) is 8.19. The molecule has 1 heterocycles. The van der Waals surface area contributed by atoms with E-state index in [1.54, 1.807) is 0 Å². The van der Waals surface area contributed by atoms with Gasteiger partial charge in [-0.3, -0.25) is 0 Å². The highest BCUT2D eigenvalue weighted by Gasteiger charge is 2.36.